The van der Waals surface area contributed by atoms with Crippen molar-refractivity contribution < 1.29 is 0 Å². The summed E-state index contributed by atoms with van der Waals surface area (Å²) in [6.07, 6.45) is 7.23. The second-order valence-corrected chi connectivity index (χ2v) is 7.79. The van der Waals surface area contributed by atoms with E-state index < -0.39 is 0 Å². The van der Waals surface area contributed by atoms with Crippen LogP contribution < -0.4 is 4.90 Å². The number of aromatic nitrogens is 2. The van der Waals surface area contributed by atoms with Gasteiger partial charge in [0.15, 0.2) is 0 Å². The van der Waals surface area contributed by atoms with Crippen LogP contribution in [0, 0.1) is 0 Å². The second-order valence-electron chi connectivity index (χ2n) is 7.79. The molecular formula is C23H26N4. The first-order chi connectivity index (χ1) is 13.4. The van der Waals surface area contributed by atoms with Gasteiger partial charge in [-0.05, 0) is 55.3 Å². The molecule has 1 aromatic heterocycles. The summed E-state index contributed by atoms with van der Waals surface area (Å²) in [5.74, 6) is 0.875. The van der Waals surface area contributed by atoms with E-state index in [1.54, 1.807) is 0 Å². The molecule has 0 saturated carbocycles. The van der Waals surface area contributed by atoms with Gasteiger partial charge in [0.1, 0.15) is 0 Å². The fourth-order valence-corrected chi connectivity index (χ4v) is 4.52. The van der Waals surface area contributed by atoms with Crippen LogP contribution in [0.3, 0.4) is 0 Å². The van der Waals surface area contributed by atoms with Crippen molar-refractivity contribution >= 4 is 16.7 Å². The number of hydrogen-bond acceptors (Lipinski definition) is 4. The molecule has 1 atom stereocenters. The fraction of sp³-hybridized carbons (Fsp3) is 0.391. The standard InChI is InChI=1S/C23H26N4/c1-4-13-26(14-5-1)21-11-15-27(17-21)23-24-12-10-22(25-23)20-9-8-18-6-2-3-7-19(18)16-20/h2-3,6-10,12,16,21H,1,4-5,11,13-15,17H2. The zero-order chi connectivity index (χ0) is 18.1. The van der Waals surface area contributed by atoms with Crippen LogP contribution >= 0.6 is 0 Å². The van der Waals surface area contributed by atoms with E-state index in [-0.39, 0.29) is 0 Å². The van der Waals surface area contributed by atoms with Crippen molar-refractivity contribution in [1.82, 2.24) is 14.9 Å². The van der Waals surface area contributed by atoms with Crippen LogP contribution in [0.2, 0.25) is 0 Å². The molecule has 3 aromatic rings. The van der Waals surface area contributed by atoms with E-state index in [1.165, 1.54) is 49.5 Å². The molecule has 2 aliphatic heterocycles. The number of anilines is 1. The van der Waals surface area contributed by atoms with Gasteiger partial charge in [0, 0.05) is 30.9 Å². The van der Waals surface area contributed by atoms with Crippen LogP contribution in [0.5, 0.6) is 0 Å². The number of piperidine rings is 1. The molecular weight excluding hydrogens is 332 g/mol. The molecule has 0 spiro atoms. The Hall–Kier alpha value is -2.46. The minimum absolute atomic E-state index is 0.665. The first-order valence-electron chi connectivity index (χ1n) is 10.2. The molecule has 2 saturated heterocycles. The normalized spacial score (nSPS) is 21.0. The van der Waals surface area contributed by atoms with Crippen molar-refractivity contribution in [3.8, 4) is 11.3 Å². The molecule has 138 valence electrons. The fourth-order valence-electron chi connectivity index (χ4n) is 4.52. The highest BCUT2D eigenvalue weighted by atomic mass is 15.3. The molecule has 0 N–H and O–H groups in total. The summed E-state index contributed by atoms with van der Waals surface area (Å²) >= 11 is 0. The first-order valence-corrected chi connectivity index (χ1v) is 10.2. The first kappa shape index (κ1) is 16.7. The minimum atomic E-state index is 0.665. The average Bonchev–Trinajstić information content (AvgIpc) is 3.25. The Morgan fingerprint density at radius 3 is 2.59 bits per heavy atom. The Labute approximate surface area is 160 Å². The van der Waals surface area contributed by atoms with Crippen molar-refractivity contribution in [3.05, 3.63) is 54.7 Å². The lowest BCUT2D eigenvalue weighted by molar-refractivity contribution is 0.174. The van der Waals surface area contributed by atoms with E-state index in [0.29, 0.717) is 6.04 Å². The van der Waals surface area contributed by atoms with Crippen LogP contribution in [0.1, 0.15) is 25.7 Å². The molecule has 2 fully saturated rings. The zero-order valence-corrected chi connectivity index (χ0v) is 15.7. The zero-order valence-electron chi connectivity index (χ0n) is 15.7. The van der Waals surface area contributed by atoms with Gasteiger partial charge in [0.05, 0.1) is 5.69 Å². The summed E-state index contributed by atoms with van der Waals surface area (Å²) < 4.78 is 0. The molecule has 1 unspecified atom stereocenters. The van der Waals surface area contributed by atoms with Crippen molar-refractivity contribution in [2.24, 2.45) is 0 Å². The quantitative estimate of drug-likeness (QED) is 0.696. The van der Waals surface area contributed by atoms with Crippen molar-refractivity contribution in [2.45, 2.75) is 31.7 Å². The summed E-state index contributed by atoms with van der Waals surface area (Å²) in [4.78, 5) is 14.5. The van der Waals surface area contributed by atoms with Crippen molar-refractivity contribution in [2.75, 3.05) is 31.1 Å². The highest BCUT2D eigenvalue weighted by molar-refractivity contribution is 5.86. The van der Waals surface area contributed by atoms with E-state index in [9.17, 15) is 0 Å². The maximum absolute atomic E-state index is 4.91. The van der Waals surface area contributed by atoms with Crippen molar-refractivity contribution in [1.29, 1.82) is 0 Å². The van der Waals surface area contributed by atoms with Crippen LogP contribution in [-0.2, 0) is 0 Å². The topological polar surface area (TPSA) is 32.3 Å². The largest absolute Gasteiger partial charge is 0.339 e. The summed E-state index contributed by atoms with van der Waals surface area (Å²) in [6.45, 7) is 4.64. The SMILES string of the molecule is c1ccc2cc(-c3ccnc(N4CCC(N5CCCCC5)C4)n3)ccc2c1. The van der Waals surface area contributed by atoms with Gasteiger partial charge < -0.3 is 4.90 Å². The summed E-state index contributed by atoms with van der Waals surface area (Å²) in [6, 6.07) is 17.7. The molecule has 2 aliphatic rings. The maximum atomic E-state index is 4.91. The lowest BCUT2D eigenvalue weighted by atomic mass is 10.1. The lowest BCUT2D eigenvalue weighted by Gasteiger charge is -2.32. The predicted octanol–water partition coefficient (Wildman–Crippen LogP) is 4.36. The molecule has 4 heteroatoms. The van der Waals surface area contributed by atoms with Crippen molar-refractivity contribution in [3.63, 3.8) is 0 Å². The Morgan fingerprint density at radius 2 is 1.70 bits per heavy atom. The van der Waals surface area contributed by atoms with Crippen LogP contribution in [0.25, 0.3) is 22.0 Å². The number of hydrogen-bond donors (Lipinski definition) is 0. The van der Waals surface area contributed by atoms with Crippen LogP contribution in [-0.4, -0.2) is 47.1 Å². The average molecular weight is 358 g/mol. The monoisotopic (exact) mass is 358 g/mol. The highest BCUT2D eigenvalue weighted by Crippen LogP contribution is 2.26. The molecule has 3 heterocycles. The summed E-state index contributed by atoms with van der Waals surface area (Å²) in [5, 5.41) is 2.51. The molecule has 0 amide bonds. The lowest BCUT2D eigenvalue weighted by Crippen LogP contribution is -2.41. The maximum Gasteiger partial charge on any atom is 0.225 e. The third-order valence-electron chi connectivity index (χ3n) is 6.04. The van der Waals surface area contributed by atoms with Gasteiger partial charge in [-0.15, -0.1) is 0 Å². The number of fused-ring (bicyclic) bond motifs is 1. The Balaban J connectivity index is 1.37. The van der Waals surface area contributed by atoms with Gasteiger partial charge in [-0.25, -0.2) is 9.97 Å². The Morgan fingerprint density at radius 1 is 0.852 bits per heavy atom. The third kappa shape index (κ3) is 3.42. The Bertz CT molecular complexity index is 932. The van der Waals surface area contributed by atoms with Gasteiger partial charge in [-0.3, -0.25) is 4.90 Å². The van der Waals surface area contributed by atoms with Crippen LogP contribution in [0.4, 0.5) is 5.95 Å². The summed E-state index contributed by atoms with van der Waals surface area (Å²) in [5.41, 5.74) is 2.16. The van der Waals surface area contributed by atoms with Gasteiger partial charge in [0.2, 0.25) is 5.95 Å². The highest BCUT2D eigenvalue weighted by Gasteiger charge is 2.29. The van der Waals surface area contributed by atoms with E-state index in [2.05, 4.69) is 57.2 Å². The molecule has 0 aliphatic carbocycles. The van der Waals surface area contributed by atoms with Gasteiger partial charge in [0.25, 0.3) is 0 Å². The van der Waals surface area contributed by atoms with Gasteiger partial charge >= 0.3 is 0 Å². The molecule has 4 nitrogen and oxygen atoms in total. The van der Waals surface area contributed by atoms with Gasteiger partial charge in [-0.2, -0.15) is 0 Å². The number of benzene rings is 2. The molecule has 2 aromatic carbocycles. The van der Waals surface area contributed by atoms with E-state index >= 15 is 0 Å². The molecule has 0 radical (unpaired) electrons. The van der Waals surface area contributed by atoms with Gasteiger partial charge in [-0.1, -0.05) is 42.8 Å². The molecule has 0 bridgehead atoms. The predicted molar refractivity (Wildman–Crippen MR) is 111 cm³/mol. The smallest absolute Gasteiger partial charge is 0.225 e. The third-order valence-corrected chi connectivity index (χ3v) is 6.04. The second kappa shape index (κ2) is 7.28. The number of likely N-dealkylation sites (tertiary alicyclic amines) is 1. The Kier molecular flexibility index (Phi) is 4.50. The minimum Gasteiger partial charge on any atom is -0.339 e. The van der Waals surface area contributed by atoms with E-state index in [0.717, 1.165) is 30.3 Å². The number of nitrogens with zero attached hydrogens (tertiary/aromatic N) is 4. The number of rotatable bonds is 3. The van der Waals surface area contributed by atoms with Crippen LogP contribution in [0.15, 0.2) is 54.7 Å². The molecule has 5 rings (SSSR count). The van der Waals surface area contributed by atoms with E-state index in [4.69, 9.17) is 4.98 Å². The van der Waals surface area contributed by atoms with E-state index in [1.807, 2.05) is 12.3 Å². The molecule has 27 heavy (non-hydrogen) atoms. The summed E-state index contributed by atoms with van der Waals surface area (Å²) in [7, 11) is 0.